The molecule has 0 spiro atoms. The van der Waals surface area contributed by atoms with Crippen LogP contribution in [0.1, 0.15) is 99.3 Å². The van der Waals surface area contributed by atoms with E-state index in [9.17, 15) is 9.59 Å². The molecule has 0 radical (unpaired) electrons. The molecule has 3 saturated carbocycles. The third-order valence-corrected chi connectivity index (χ3v) is 10.3. The molecule has 0 bridgehead atoms. The van der Waals surface area contributed by atoms with Crippen LogP contribution in [0.25, 0.3) is 0 Å². The minimum Gasteiger partial charge on any atom is -0.462 e. The van der Waals surface area contributed by atoms with Crippen molar-refractivity contribution in [3.8, 4) is 0 Å². The normalized spacial score (nSPS) is 38.7. The van der Waals surface area contributed by atoms with Crippen LogP contribution in [-0.2, 0) is 19.1 Å². The van der Waals surface area contributed by atoms with E-state index in [2.05, 4.69) is 46.4 Å². The Balaban J connectivity index is 1.60. The van der Waals surface area contributed by atoms with Gasteiger partial charge in [-0.05, 0) is 74.5 Å². The van der Waals surface area contributed by atoms with Gasteiger partial charge in [-0.2, -0.15) is 0 Å². The molecule has 4 heteroatoms. The van der Waals surface area contributed by atoms with E-state index in [1.165, 1.54) is 57.1 Å². The maximum atomic E-state index is 12.1. The van der Waals surface area contributed by atoms with Crippen molar-refractivity contribution in [2.45, 2.75) is 112 Å². The minimum absolute atomic E-state index is 0.223. The summed E-state index contributed by atoms with van der Waals surface area (Å²) in [4.78, 5) is 23.8. The highest BCUT2D eigenvalue weighted by Gasteiger charge is 2.60. The molecule has 4 nitrogen and oxygen atoms in total. The Morgan fingerprint density at radius 3 is 2.43 bits per heavy atom. The van der Waals surface area contributed by atoms with Gasteiger partial charge in [0, 0.05) is 32.1 Å². The van der Waals surface area contributed by atoms with Crippen molar-refractivity contribution in [3.63, 3.8) is 0 Å². The van der Waals surface area contributed by atoms with Crippen LogP contribution in [0.4, 0.5) is 0 Å². The second kappa shape index (κ2) is 9.90. The third kappa shape index (κ3) is 4.79. The maximum Gasteiger partial charge on any atom is 0.302 e. The van der Waals surface area contributed by atoms with Crippen LogP contribution in [0.5, 0.6) is 0 Å². The van der Waals surface area contributed by atoms with Crippen LogP contribution < -0.4 is 0 Å². The van der Waals surface area contributed by atoms with Gasteiger partial charge in [0.25, 0.3) is 0 Å². The summed E-state index contributed by atoms with van der Waals surface area (Å²) >= 11 is 0. The highest BCUT2D eigenvalue weighted by atomic mass is 16.6. The molecule has 0 saturated heterocycles. The summed E-state index contributed by atoms with van der Waals surface area (Å²) in [5.74, 6) is 1.98. The number of carbonyl (C=O) groups is 2. The second-order valence-electron chi connectivity index (χ2n) is 12.6. The predicted molar refractivity (Wildman–Crippen MR) is 139 cm³/mol. The summed E-state index contributed by atoms with van der Waals surface area (Å²) in [7, 11) is 0. The number of hydrogen-bond donors (Lipinski definition) is 0. The van der Waals surface area contributed by atoms with Crippen LogP contribution in [-0.4, -0.2) is 24.1 Å². The molecule has 0 aromatic heterocycles. The molecular weight excluding hydrogens is 436 g/mol. The van der Waals surface area contributed by atoms with Crippen LogP contribution in [0.2, 0.25) is 0 Å². The molecule has 0 unspecified atom stereocenters. The van der Waals surface area contributed by atoms with Crippen molar-refractivity contribution in [2.75, 3.05) is 0 Å². The topological polar surface area (TPSA) is 52.6 Å². The molecule has 0 aromatic carbocycles. The number of hydrogen-bond acceptors (Lipinski definition) is 4. The van der Waals surface area contributed by atoms with Gasteiger partial charge in [0.15, 0.2) is 0 Å². The van der Waals surface area contributed by atoms with Crippen molar-refractivity contribution < 1.29 is 19.1 Å². The molecule has 0 N–H and O–H groups in total. The minimum atomic E-state index is -0.268. The highest BCUT2D eigenvalue weighted by Crippen LogP contribution is 2.66. The van der Waals surface area contributed by atoms with Gasteiger partial charge in [0.05, 0.1) is 0 Å². The first kappa shape index (κ1) is 26.2. The fourth-order valence-corrected chi connectivity index (χ4v) is 8.60. The van der Waals surface area contributed by atoms with Crippen LogP contribution in [0.3, 0.4) is 0 Å². The lowest BCUT2D eigenvalue weighted by molar-refractivity contribution is -0.165. The number of ether oxygens (including phenoxy) is 2. The van der Waals surface area contributed by atoms with Crippen molar-refractivity contribution in [2.24, 2.45) is 34.5 Å². The number of rotatable bonds is 7. The molecule has 0 aliphatic heterocycles. The highest BCUT2D eigenvalue weighted by molar-refractivity contribution is 5.67. The molecule has 194 valence electrons. The lowest BCUT2D eigenvalue weighted by atomic mass is 9.49. The van der Waals surface area contributed by atoms with E-state index in [4.69, 9.17) is 9.47 Å². The van der Waals surface area contributed by atoms with Crippen LogP contribution in [0.15, 0.2) is 35.5 Å². The lowest BCUT2D eigenvalue weighted by Gasteiger charge is -2.57. The Morgan fingerprint density at radius 2 is 1.77 bits per heavy atom. The quantitative estimate of drug-likeness (QED) is 0.281. The van der Waals surface area contributed by atoms with E-state index in [0.717, 1.165) is 31.1 Å². The van der Waals surface area contributed by atoms with E-state index in [0.29, 0.717) is 23.7 Å². The van der Waals surface area contributed by atoms with Gasteiger partial charge in [0.2, 0.25) is 0 Å². The summed E-state index contributed by atoms with van der Waals surface area (Å²) < 4.78 is 11.6. The number of allylic oxidation sites excluding steroid dienone is 4. The van der Waals surface area contributed by atoms with Gasteiger partial charge in [-0.3, -0.25) is 9.59 Å². The zero-order valence-electron chi connectivity index (χ0n) is 22.8. The first-order chi connectivity index (χ1) is 16.5. The molecule has 0 heterocycles. The SMILES string of the molecule is C=C(C)CCC[C@@H](C)[C@H]1CC[C@H]2C3=CC=C4C[C@@H](OC(C)=O)C[C@H](OC(C)=O)[C@]4(C)[C@H]3CC[C@]12C. The van der Waals surface area contributed by atoms with E-state index in [1.54, 1.807) is 5.57 Å². The Bertz CT molecular complexity index is 928. The number of fused-ring (bicyclic) bond motifs is 5. The Morgan fingerprint density at radius 1 is 1.06 bits per heavy atom. The summed E-state index contributed by atoms with van der Waals surface area (Å²) in [6.45, 7) is 16.5. The zero-order valence-corrected chi connectivity index (χ0v) is 22.8. The third-order valence-electron chi connectivity index (χ3n) is 10.3. The van der Waals surface area contributed by atoms with Gasteiger partial charge in [-0.15, -0.1) is 6.58 Å². The Labute approximate surface area is 212 Å². The number of esters is 2. The molecule has 35 heavy (non-hydrogen) atoms. The standard InChI is InChI=1S/C31H46O4/c1-19(2)9-8-10-20(3)26-13-14-27-25-12-11-23-17-24(34-21(4)32)18-29(35-22(5)33)31(23,7)28(25)15-16-30(26,27)6/h11-12,20,24,26-29H,1,8-10,13-18H2,2-7H3/t20-,24-,26-,27+,28+,29+,30-,31+/m1/s1. The first-order valence-corrected chi connectivity index (χ1v) is 13.9. The van der Waals surface area contributed by atoms with E-state index in [1.807, 2.05) is 0 Å². The number of carbonyl (C=O) groups excluding carboxylic acids is 2. The van der Waals surface area contributed by atoms with Gasteiger partial charge in [0.1, 0.15) is 12.2 Å². The smallest absolute Gasteiger partial charge is 0.302 e. The van der Waals surface area contributed by atoms with E-state index >= 15 is 0 Å². The molecule has 0 aromatic rings. The van der Waals surface area contributed by atoms with Gasteiger partial charge in [-0.25, -0.2) is 0 Å². The summed E-state index contributed by atoms with van der Waals surface area (Å²) in [6, 6.07) is 0. The first-order valence-electron chi connectivity index (χ1n) is 13.9. The van der Waals surface area contributed by atoms with Crippen molar-refractivity contribution in [3.05, 3.63) is 35.5 Å². The largest absolute Gasteiger partial charge is 0.462 e. The van der Waals surface area contributed by atoms with Gasteiger partial charge in [-0.1, -0.05) is 56.1 Å². The Hall–Kier alpha value is -1.84. The molecule has 8 atom stereocenters. The van der Waals surface area contributed by atoms with Gasteiger partial charge >= 0.3 is 11.9 Å². The molecule has 4 aliphatic rings. The van der Waals surface area contributed by atoms with Crippen molar-refractivity contribution >= 4 is 11.9 Å². The molecule has 4 rings (SSSR count). The predicted octanol–water partition coefficient (Wildman–Crippen LogP) is 7.34. The van der Waals surface area contributed by atoms with E-state index < -0.39 is 0 Å². The zero-order chi connectivity index (χ0) is 25.5. The summed E-state index contributed by atoms with van der Waals surface area (Å²) in [6.07, 6.45) is 14.1. The second-order valence-corrected chi connectivity index (χ2v) is 12.6. The maximum absolute atomic E-state index is 12.1. The average Bonchev–Trinajstić information content (AvgIpc) is 3.11. The van der Waals surface area contributed by atoms with E-state index in [-0.39, 0.29) is 29.6 Å². The van der Waals surface area contributed by atoms with Crippen LogP contribution >= 0.6 is 0 Å². The molecule has 3 fully saturated rings. The van der Waals surface area contributed by atoms with Crippen molar-refractivity contribution in [1.82, 2.24) is 0 Å². The fourth-order valence-electron chi connectivity index (χ4n) is 8.60. The fraction of sp³-hybridized carbons (Fsp3) is 0.742. The summed E-state index contributed by atoms with van der Waals surface area (Å²) in [5.41, 5.74) is 4.28. The van der Waals surface area contributed by atoms with Gasteiger partial charge < -0.3 is 9.47 Å². The monoisotopic (exact) mass is 482 g/mol. The summed E-state index contributed by atoms with van der Waals surface area (Å²) in [5, 5.41) is 0. The van der Waals surface area contributed by atoms with Crippen LogP contribution in [0, 0.1) is 34.5 Å². The molecule has 4 aliphatic carbocycles. The lowest BCUT2D eigenvalue weighted by Crippen LogP contribution is -2.54. The molecular formula is C31H46O4. The van der Waals surface area contributed by atoms with Crippen molar-refractivity contribution in [1.29, 1.82) is 0 Å². The molecule has 0 amide bonds. The average molecular weight is 483 g/mol. The Kier molecular flexibility index (Phi) is 7.42.